The van der Waals surface area contributed by atoms with Crippen LogP contribution in [0.25, 0.3) is 0 Å². The summed E-state index contributed by atoms with van der Waals surface area (Å²) in [6.07, 6.45) is 0.296. The van der Waals surface area contributed by atoms with Gasteiger partial charge in [-0.1, -0.05) is 56.3 Å². The number of carbonyl (C=O) groups excluding carboxylic acids is 3. The van der Waals surface area contributed by atoms with Gasteiger partial charge in [0.1, 0.15) is 18.9 Å². The number of hydrogen-bond donors (Lipinski definition) is 2. The molecule has 0 bridgehead atoms. The Kier molecular flexibility index (Phi) is 11.0. The Morgan fingerprint density at radius 3 is 2.44 bits per heavy atom. The highest BCUT2D eigenvalue weighted by molar-refractivity contribution is 7.98. The summed E-state index contributed by atoms with van der Waals surface area (Å²) in [6, 6.07) is 13.8. The van der Waals surface area contributed by atoms with Gasteiger partial charge in [0.05, 0.1) is 11.0 Å². The number of aldehydes is 1. The van der Waals surface area contributed by atoms with Crippen molar-refractivity contribution < 1.29 is 24.0 Å². The van der Waals surface area contributed by atoms with Crippen LogP contribution in [0.4, 0.5) is 10.5 Å². The number of amides is 2. The molecule has 0 radical (unpaired) electrons. The van der Waals surface area contributed by atoms with E-state index in [4.69, 9.17) is 4.74 Å². The fourth-order valence-corrected chi connectivity index (χ4v) is 4.02. The first-order valence-corrected chi connectivity index (χ1v) is 12.0. The maximum atomic E-state index is 12.8. The Morgan fingerprint density at radius 2 is 1.79 bits per heavy atom. The van der Waals surface area contributed by atoms with Crippen molar-refractivity contribution in [2.24, 2.45) is 5.92 Å². The van der Waals surface area contributed by atoms with E-state index in [1.54, 1.807) is 12.1 Å². The van der Waals surface area contributed by atoms with Crippen LogP contribution in [0.3, 0.4) is 0 Å². The van der Waals surface area contributed by atoms with Crippen LogP contribution in [0.5, 0.6) is 0 Å². The number of rotatable bonds is 13. The monoisotopic (exact) mass is 487 g/mol. The van der Waals surface area contributed by atoms with Gasteiger partial charge in [-0.05, 0) is 23.5 Å². The van der Waals surface area contributed by atoms with Gasteiger partial charge >= 0.3 is 6.09 Å². The van der Waals surface area contributed by atoms with E-state index < -0.39 is 29.0 Å². The minimum absolute atomic E-state index is 0.0000853. The number of thioether (sulfide) groups is 1. The lowest BCUT2D eigenvalue weighted by Gasteiger charge is -2.22. The molecule has 2 aromatic rings. The SMILES string of the molecule is CC(C)C[C@@H](NC(=O)OCc1ccccc1)C(=O)NC(C=O)CSCc1cccc([N+](=O)[O-])c1. The van der Waals surface area contributed by atoms with Crippen molar-refractivity contribution in [3.8, 4) is 0 Å². The summed E-state index contributed by atoms with van der Waals surface area (Å²) in [5, 5.41) is 16.1. The quantitative estimate of drug-likeness (QED) is 0.249. The second-order valence-electron chi connectivity index (χ2n) is 8.08. The first-order chi connectivity index (χ1) is 16.3. The van der Waals surface area contributed by atoms with Crippen molar-refractivity contribution in [1.82, 2.24) is 10.6 Å². The zero-order valence-electron chi connectivity index (χ0n) is 19.1. The van der Waals surface area contributed by atoms with Crippen molar-refractivity contribution in [2.75, 3.05) is 5.75 Å². The van der Waals surface area contributed by atoms with Gasteiger partial charge < -0.3 is 20.2 Å². The van der Waals surface area contributed by atoms with E-state index in [0.717, 1.165) is 11.1 Å². The number of alkyl carbamates (subject to hydrolysis) is 1. The molecule has 0 saturated carbocycles. The molecule has 34 heavy (non-hydrogen) atoms. The second-order valence-corrected chi connectivity index (χ2v) is 9.11. The Bertz CT molecular complexity index is 970. The molecule has 2 amide bonds. The number of ether oxygens (including phenoxy) is 1. The van der Waals surface area contributed by atoms with Crippen molar-refractivity contribution in [3.63, 3.8) is 0 Å². The smallest absolute Gasteiger partial charge is 0.408 e. The molecule has 2 atom stereocenters. The molecule has 10 heteroatoms. The number of nitrogens with zero attached hydrogens (tertiary/aromatic N) is 1. The van der Waals surface area contributed by atoms with Gasteiger partial charge in [0, 0.05) is 23.6 Å². The van der Waals surface area contributed by atoms with E-state index >= 15 is 0 Å². The third kappa shape index (κ3) is 9.62. The molecule has 9 nitrogen and oxygen atoms in total. The number of non-ortho nitro benzene ring substituents is 1. The fourth-order valence-electron chi connectivity index (χ4n) is 3.07. The third-order valence-electron chi connectivity index (χ3n) is 4.71. The molecule has 182 valence electrons. The molecule has 0 heterocycles. The normalized spacial score (nSPS) is 12.4. The fraction of sp³-hybridized carbons (Fsp3) is 0.375. The molecule has 2 N–H and O–H groups in total. The lowest BCUT2D eigenvalue weighted by atomic mass is 10.0. The number of nitro benzene ring substituents is 1. The summed E-state index contributed by atoms with van der Waals surface area (Å²) in [6.45, 7) is 3.92. The van der Waals surface area contributed by atoms with Crippen LogP contribution in [0.2, 0.25) is 0 Å². The van der Waals surface area contributed by atoms with E-state index in [0.29, 0.717) is 18.5 Å². The van der Waals surface area contributed by atoms with Gasteiger partial charge in [0.25, 0.3) is 5.69 Å². The largest absolute Gasteiger partial charge is 0.445 e. The lowest BCUT2D eigenvalue weighted by molar-refractivity contribution is -0.384. The summed E-state index contributed by atoms with van der Waals surface area (Å²) < 4.78 is 5.21. The lowest BCUT2D eigenvalue weighted by Crippen LogP contribution is -2.51. The Hall–Kier alpha value is -3.40. The van der Waals surface area contributed by atoms with Crippen molar-refractivity contribution in [2.45, 2.75) is 44.7 Å². The molecule has 2 aromatic carbocycles. The number of nitro groups is 1. The third-order valence-corrected chi connectivity index (χ3v) is 5.84. The zero-order valence-corrected chi connectivity index (χ0v) is 20.0. The number of nitrogens with one attached hydrogen (secondary N) is 2. The number of hydrogen-bond acceptors (Lipinski definition) is 7. The standard InChI is InChI=1S/C24H29N3O6S/c1-17(2)11-22(26-24(30)33-14-18-7-4-3-5-8-18)23(29)25-20(13-28)16-34-15-19-9-6-10-21(12-19)27(31)32/h3-10,12-13,17,20,22H,11,14-16H2,1-2H3,(H,25,29)(H,26,30)/t20?,22-/m1/s1. The Morgan fingerprint density at radius 1 is 1.09 bits per heavy atom. The minimum atomic E-state index is -0.854. The van der Waals surface area contributed by atoms with Crippen molar-refractivity contribution in [1.29, 1.82) is 0 Å². The van der Waals surface area contributed by atoms with Gasteiger partial charge in [-0.2, -0.15) is 11.8 Å². The van der Waals surface area contributed by atoms with Crippen LogP contribution in [0.1, 0.15) is 31.4 Å². The minimum Gasteiger partial charge on any atom is -0.445 e. The molecular formula is C24H29N3O6S. The van der Waals surface area contributed by atoms with Crippen LogP contribution < -0.4 is 10.6 Å². The average Bonchev–Trinajstić information content (AvgIpc) is 2.82. The zero-order chi connectivity index (χ0) is 24.9. The van der Waals surface area contributed by atoms with Crippen LogP contribution in [0, 0.1) is 16.0 Å². The molecule has 2 rings (SSSR count). The van der Waals surface area contributed by atoms with E-state index in [9.17, 15) is 24.5 Å². The first kappa shape index (κ1) is 26.8. The molecule has 0 saturated heterocycles. The predicted octanol–water partition coefficient (Wildman–Crippen LogP) is 3.85. The van der Waals surface area contributed by atoms with Crippen LogP contribution in [-0.4, -0.2) is 41.0 Å². The summed E-state index contributed by atoms with van der Waals surface area (Å²) in [4.78, 5) is 47.0. The molecule has 0 fully saturated rings. The summed E-state index contributed by atoms with van der Waals surface area (Å²) in [7, 11) is 0. The van der Waals surface area contributed by atoms with Gasteiger partial charge in [-0.3, -0.25) is 14.9 Å². The molecular weight excluding hydrogens is 458 g/mol. The Labute approximate surface area is 202 Å². The van der Waals surface area contributed by atoms with Crippen LogP contribution >= 0.6 is 11.8 Å². The van der Waals surface area contributed by atoms with Gasteiger partial charge in [0.15, 0.2) is 0 Å². The van der Waals surface area contributed by atoms with E-state index in [1.807, 2.05) is 44.2 Å². The highest BCUT2D eigenvalue weighted by atomic mass is 32.2. The van der Waals surface area contributed by atoms with E-state index in [-0.39, 0.29) is 24.0 Å². The van der Waals surface area contributed by atoms with Crippen LogP contribution in [0.15, 0.2) is 54.6 Å². The molecule has 1 unspecified atom stereocenters. The van der Waals surface area contributed by atoms with E-state index in [2.05, 4.69) is 10.6 Å². The highest BCUT2D eigenvalue weighted by Gasteiger charge is 2.25. The molecule has 0 aliphatic carbocycles. The average molecular weight is 488 g/mol. The van der Waals surface area contributed by atoms with Gasteiger partial charge in [0.2, 0.25) is 5.91 Å². The molecule has 0 aromatic heterocycles. The van der Waals surface area contributed by atoms with Crippen molar-refractivity contribution >= 4 is 35.7 Å². The highest BCUT2D eigenvalue weighted by Crippen LogP contribution is 2.18. The number of carbonyl (C=O) groups is 3. The molecule has 0 aliphatic rings. The van der Waals surface area contributed by atoms with Gasteiger partial charge in [-0.25, -0.2) is 4.79 Å². The maximum Gasteiger partial charge on any atom is 0.408 e. The topological polar surface area (TPSA) is 128 Å². The molecule has 0 aliphatic heterocycles. The summed E-state index contributed by atoms with van der Waals surface area (Å²) >= 11 is 1.37. The second kappa shape index (κ2) is 14.0. The maximum absolute atomic E-state index is 12.8. The Balaban J connectivity index is 1.87. The number of benzene rings is 2. The van der Waals surface area contributed by atoms with Gasteiger partial charge in [-0.15, -0.1) is 0 Å². The van der Waals surface area contributed by atoms with Crippen molar-refractivity contribution in [3.05, 3.63) is 75.8 Å². The molecule has 0 spiro atoms. The summed E-state index contributed by atoms with van der Waals surface area (Å²) in [5.41, 5.74) is 1.57. The predicted molar refractivity (Wildman–Crippen MR) is 130 cm³/mol. The van der Waals surface area contributed by atoms with E-state index in [1.165, 1.54) is 23.9 Å². The first-order valence-electron chi connectivity index (χ1n) is 10.8. The van der Waals surface area contributed by atoms with Crippen LogP contribution in [-0.2, 0) is 26.7 Å². The summed E-state index contributed by atoms with van der Waals surface area (Å²) in [5.74, 6) is 0.369.